The summed E-state index contributed by atoms with van der Waals surface area (Å²) in [4.78, 5) is 25.2. The molecule has 0 aliphatic carbocycles. The Bertz CT molecular complexity index is 1400. The Morgan fingerprint density at radius 2 is 1.73 bits per heavy atom. The summed E-state index contributed by atoms with van der Waals surface area (Å²) >= 11 is 12.5. The van der Waals surface area contributed by atoms with Crippen LogP contribution in [0.15, 0.2) is 60.2 Å². The number of rotatable bonds is 9. The van der Waals surface area contributed by atoms with Gasteiger partial charge in [-0.25, -0.2) is 0 Å². The average molecular weight is 538 g/mol. The summed E-state index contributed by atoms with van der Waals surface area (Å²) in [5.74, 6) is -0.548. The Balaban J connectivity index is 1.79. The fourth-order valence-electron chi connectivity index (χ4n) is 3.34. The van der Waals surface area contributed by atoms with Gasteiger partial charge in [0.05, 0.1) is 22.3 Å². The van der Waals surface area contributed by atoms with Crippen molar-refractivity contribution in [2.24, 2.45) is 0 Å². The van der Waals surface area contributed by atoms with Gasteiger partial charge in [-0.05, 0) is 73.9 Å². The lowest BCUT2D eigenvalue weighted by molar-refractivity contribution is -0.118. The summed E-state index contributed by atoms with van der Waals surface area (Å²) in [6.07, 6.45) is 1.37. The standard InChI is InChI=1S/C28H25Cl2N3O4/c1-4-36-25-14-19(12-20(15-31)28(35)33-23-8-6-5-7-21(23)29)13-22(30)27(25)37-16-26(34)32-24-11-17(2)9-10-18(24)3/h5-14H,4,16H2,1-3H3,(H,32,34)(H,33,35)/b20-12+. The molecule has 9 heteroatoms. The summed E-state index contributed by atoms with van der Waals surface area (Å²) < 4.78 is 11.4. The first-order valence-electron chi connectivity index (χ1n) is 11.4. The zero-order valence-electron chi connectivity index (χ0n) is 20.5. The molecule has 0 saturated carbocycles. The lowest BCUT2D eigenvalue weighted by Crippen LogP contribution is -2.21. The fourth-order valence-corrected chi connectivity index (χ4v) is 3.79. The maximum Gasteiger partial charge on any atom is 0.266 e. The molecule has 0 bridgehead atoms. The van der Waals surface area contributed by atoms with Crippen molar-refractivity contribution in [2.45, 2.75) is 20.8 Å². The third-order valence-corrected chi connectivity index (χ3v) is 5.75. The van der Waals surface area contributed by atoms with Gasteiger partial charge in [-0.1, -0.05) is 47.5 Å². The van der Waals surface area contributed by atoms with Crippen LogP contribution >= 0.6 is 23.2 Å². The van der Waals surface area contributed by atoms with Gasteiger partial charge in [0.2, 0.25) is 0 Å². The number of hydrogen-bond donors (Lipinski definition) is 2. The number of benzene rings is 3. The van der Waals surface area contributed by atoms with Crippen LogP contribution in [-0.2, 0) is 9.59 Å². The Labute approximate surface area is 225 Å². The van der Waals surface area contributed by atoms with E-state index >= 15 is 0 Å². The van der Waals surface area contributed by atoms with Crippen LogP contribution in [0.3, 0.4) is 0 Å². The number of ether oxygens (including phenoxy) is 2. The maximum absolute atomic E-state index is 12.6. The van der Waals surface area contributed by atoms with Crippen LogP contribution in [-0.4, -0.2) is 25.0 Å². The van der Waals surface area contributed by atoms with E-state index in [-0.39, 0.29) is 34.6 Å². The topological polar surface area (TPSA) is 100 Å². The molecule has 190 valence electrons. The minimum Gasteiger partial charge on any atom is -0.490 e. The molecule has 0 saturated heterocycles. The largest absolute Gasteiger partial charge is 0.490 e. The van der Waals surface area contributed by atoms with Gasteiger partial charge >= 0.3 is 0 Å². The summed E-state index contributed by atoms with van der Waals surface area (Å²) in [6.45, 7) is 5.62. The van der Waals surface area contributed by atoms with Crippen molar-refractivity contribution >= 4 is 52.5 Å². The number of nitrogens with zero attached hydrogens (tertiary/aromatic N) is 1. The van der Waals surface area contributed by atoms with Crippen molar-refractivity contribution in [1.29, 1.82) is 5.26 Å². The maximum atomic E-state index is 12.6. The fraction of sp³-hybridized carbons (Fsp3) is 0.179. The molecule has 0 spiro atoms. The van der Waals surface area contributed by atoms with Crippen LogP contribution in [0.1, 0.15) is 23.6 Å². The molecule has 0 fully saturated rings. The van der Waals surface area contributed by atoms with Crippen LogP contribution in [0.2, 0.25) is 10.0 Å². The zero-order chi connectivity index (χ0) is 26.9. The summed E-state index contributed by atoms with van der Waals surface area (Å²) in [6, 6.07) is 17.4. The minimum atomic E-state index is -0.631. The van der Waals surface area contributed by atoms with Gasteiger partial charge in [0.15, 0.2) is 18.1 Å². The lowest BCUT2D eigenvalue weighted by atomic mass is 10.1. The van der Waals surface area contributed by atoms with E-state index in [0.29, 0.717) is 28.6 Å². The van der Waals surface area contributed by atoms with E-state index in [1.54, 1.807) is 37.3 Å². The molecule has 0 aromatic heterocycles. The SMILES string of the molecule is CCOc1cc(/C=C(\C#N)C(=O)Nc2ccccc2Cl)cc(Cl)c1OCC(=O)Nc1cc(C)ccc1C. The number of amides is 2. The molecule has 2 amide bonds. The smallest absolute Gasteiger partial charge is 0.266 e. The molecule has 0 aliphatic heterocycles. The van der Waals surface area contributed by atoms with Crippen LogP contribution in [0.25, 0.3) is 6.08 Å². The molecule has 0 radical (unpaired) electrons. The van der Waals surface area contributed by atoms with Crippen molar-refractivity contribution in [3.8, 4) is 17.6 Å². The predicted octanol–water partition coefficient (Wildman–Crippen LogP) is 6.57. The molecule has 3 aromatic rings. The second-order valence-electron chi connectivity index (χ2n) is 8.02. The molecule has 0 aliphatic rings. The van der Waals surface area contributed by atoms with E-state index in [1.165, 1.54) is 12.1 Å². The molecule has 7 nitrogen and oxygen atoms in total. The molecular weight excluding hydrogens is 513 g/mol. The molecule has 0 atom stereocenters. The quantitative estimate of drug-likeness (QED) is 0.237. The Kier molecular flexibility index (Phi) is 9.56. The van der Waals surface area contributed by atoms with Crippen LogP contribution in [0.4, 0.5) is 11.4 Å². The number of nitriles is 1. The number of aryl methyl sites for hydroxylation is 2. The third-order valence-electron chi connectivity index (χ3n) is 5.14. The number of nitrogens with one attached hydrogen (secondary N) is 2. The van der Waals surface area contributed by atoms with Gasteiger partial charge in [0.1, 0.15) is 11.6 Å². The summed E-state index contributed by atoms with van der Waals surface area (Å²) in [5.41, 5.74) is 3.29. The third kappa shape index (κ3) is 7.50. The van der Waals surface area contributed by atoms with Gasteiger partial charge in [0, 0.05) is 5.69 Å². The van der Waals surface area contributed by atoms with Crippen LogP contribution in [0.5, 0.6) is 11.5 Å². The number of halogens is 2. The number of para-hydroxylation sites is 1. The molecule has 0 heterocycles. The number of anilines is 2. The number of carbonyl (C=O) groups excluding carboxylic acids is 2. The Morgan fingerprint density at radius 1 is 0.973 bits per heavy atom. The zero-order valence-corrected chi connectivity index (χ0v) is 22.0. The van der Waals surface area contributed by atoms with Gasteiger partial charge < -0.3 is 20.1 Å². The predicted molar refractivity (Wildman–Crippen MR) is 146 cm³/mol. The van der Waals surface area contributed by atoms with E-state index in [9.17, 15) is 14.9 Å². The average Bonchev–Trinajstić information content (AvgIpc) is 2.85. The highest BCUT2D eigenvalue weighted by atomic mass is 35.5. The molecule has 3 rings (SSSR count). The van der Waals surface area contributed by atoms with Crippen molar-refractivity contribution in [1.82, 2.24) is 0 Å². The Morgan fingerprint density at radius 3 is 2.43 bits per heavy atom. The van der Waals surface area contributed by atoms with Crippen LogP contribution < -0.4 is 20.1 Å². The van der Waals surface area contributed by atoms with Gasteiger partial charge in [-0.15, -0.1) is 0 Å². The van der Waals surface area contributed by atoms with E-state index in [2.05, 4.69) is 10.6 Å². The monoisotopic (exact) mass is 537 g/mol. The highest BCUT2D eigenvalue weighted by Crippen LogP contribution is 2.37. The molecule has 37 heavy (non-hydrogen) atoms. The highest BCUT2D eigenvalue weighted by Gasteiger charge is 2.17. The first-order chi connectivity index (χ1) is 17.7. The first-order valence-corrected chi connectivity index (χ1v) is 12.1. The van der Waals surface area contributed by atoms with Crippen LogP contribution in [0, 0.1) is 25.2 Å². The first kappa shape index (κ1) is 27.6. The van der Waals surface area contributed by atoms with Crippen molar-refractivity contribution in [3.05, 3.63) is 86.9 Å². The lowest BCUT2D eigenvalue weighted by Gasteiger charge is -2.15. The van der Waals surface area contributed by atoms with Gasteiger partial charge in [-0.3, -0.25) is 9.59 Å². The number of hydrogen-bond acceptors (Lipinski definition) is 5. The second kappa shape index (κ2) is 12.8. The molecular formula is C28H25Cl2N3O4. The number of carbonyl (C=O) groups is 2. The van der Waals surface area contributed by atoms with E-state index in [4.69, 9.17) is 32.7 Å². The van der Waals surface area contributed by atoms with Gasteiger partial charge in [-0.2, -0.15) is 5.26 Å². The summed E-state index contributed by atoms with van der Waals surface area (Å²) in [7, 11) is 0. The van der Waals surface area contributed by atoms with Gasteiger partial charge in [0.25, 0.3) is 11.8 Å². The van der Waals surface area contributed by atoms with E-state index in [1.807, 2.05) is 38.1 Å². The minimum absolute atomic E-state index is 0.153. The normalized spacial score (nSPS) is 10.9. The van der Waals surface area contributed by atoms with Crippen molar-refractivity contribution < 1.29 is 19.1 Å². The Hall–Kier alpha value is -3.99. The summed E-state index contributed by atoms with van der Waals surface area (Å²) in [5, 5.41) is 15.5. The van der Waals surface area contributed by atoms with E-state index < -0.39 is 5.91 Å². The molecule has 2 N–H and O–H groups in total. The van der Waals surface area contributed by atoms with Crippen molar-refractivity contribution in [2.75, 3.05) is 23.8 Å². The van der Waals surface area contributed by atoms with Crippen molar-refractivity contribution in [3.63, 3.8) is 0 Å². The second-order valence-corrected chi connectivity index (χ2v) is 8.84. The molecule has 0 unspecified atom stereocenters. The molecule has 3 aromatic carbocycles. The van der Waals surface area contributed by atoms with E-state index in [0.717, 1.165) is 11.1 Å². The highest BCUT2D eigenvalue weighted by molar-refractivity contribution is 6.34.